The summed E-state index contributed by atoms with van der Waals surface area (Å²) in [5.74, 6) is -1.90. The molecule has 178 valence electrons. The van der Waals surface area contributed by atoms with Gasteiger partial charge in [0.05, 0.1) is 17.8 Å². The molecule has 0 radical (unpaired) electrons. The third-order valence-corrected chi connectivity index (χ3v) is 5.98. The number of cyclic esters (lactones) is 1. The molecule has 0 aromatic carbocycles. The molecule has 0 bridgehead atoms. The van der Waals surface area contributed by atoms with Crippen molar-refractivity contribution in [3.05, 3.63) is 41.9 Å². The summed E-state index contributed by atoms with van der Waals surface area (Å²) in [7, 11) is 0. The number of aliphatic hydroxyl groups excluding tert-OH is 1. The number of nitrogens with one attached hydrogen (secondary N) is 1. The highest BCUT2D eigenvalue weighted by Crippen LogP contribution is 2.28. The van der Waals surface area contributed by atoms with E-state index in [0.717, 1.165) is 11.3 Å². The minimum Gasteiger partial charge on any atom is -0.447 e. The van der Waals surface area contributed by atoms with Crippen molar-refractivity contribution in [1.82, 2.24) is 19.9 Å². The molecule has 9 nitrogen and oxygen atoms in total. The number of piperidine rings is 1. The van der Waals surface area contributed by atoms with E-state index in [4.69, 9.17) is 4.74 Å². The average molecular weight is 463 g/mol. The fourth-order valence-electron chi connectivity index (χ4n) is 3.96. The van der Waals surface area contributed by atoms with Crippen molar-refractivity contribution in [1.29, 1.82) is 0 Å². The topological polar surface area (TPSA) is 104 Å². The molecule has 3 atom stereocenters. The van der Waals surface area contributed by atoms with Crippen LogP contribution in [-0.4, -0.2) is 68.8 Å². The van der Waals surface area contributed by atoms with E-state index in [2.05, 4.69) is 20.3 Å². The Bertz CT molecular complexity index is 965. The van der Waals surface area contributed by atoms with Crippen LogP contribution in [-0.2, 0) is 11.3 Å². The Morgan fingerprint density at radius 1 is 1.24 bits per heavy atom. The minimum atomic E-state index is -2.55. The summed E-state index contributed by atoms with van der Waals surface area (Å²) < 4.78 is 31.7. The van der Waals surface area contributed by atoms with Gasteiger partial charge in [0.2, 0.25) is 5.95 Å². The van der Waals surface area contributed by atoms with Gasteiger partial charge in [-0.25, -0.2) is 18.6 Å². The number of hydrogen-bond acceptors (Lipinski definition) is 8. The van der Waals surface area contributed by atoms with E-state index in [1.54, 1.807) is 19.2 Å². The highest BCUT2D eigenvalue weighted by atomic mass is 19.3. The number of anilines is 2. The first kappa shape index (κ1) is 23.2. The molecule has 2 aliphatic rings. The van der Waals surface area contributed by atoms with Gasteiger partial charge in [0.15, 0.2) is 0 Å². The van der Waals surface area contributed by atoms with Crippen LogP contribution in [0.25, 0.3) is 0 Å². The number of aromatic nitrogens is 3. The van der Waals surface area contributed by atoms with Gasteiger partial charge >= 0.3 is 6.09 Å². The predicted octanol–water partition coefficient (Wildman–Crippen LogP) is 2.98. The average Bonchev–Trinajstić information content (AvgIpc) is 3.17. The second kappa shape index (κ2) is 9.52. The van der Waals surface area contributed by atoms with Gasteiger partial charge in [-0.3, -0.25) is 14.8 Å². The summed E-state index contributed by atoms with van der Waals surface area (Å²) in [5.41, 5.74) is 1.73. The maximum Gasteiger partial charge on any atom is 0.416 e. The molecular formula is C22H28F2N6O3. The molecule has 0 aliphatic carbocycles. The molecule has 33 heavy (non-hydrogen) atoms. The van der Waals surface area contributed by atoms with Crippen LogP contribution in [0.15, 0.2) is 30.6 Å². The van der Waals surface area contributed by atoms with Crippen LogP contribution in [0.5, 0.6) is 0 Å². The number of nitrogens with zero attached hydrogens (tertiary/aromatic N) is 5. The van der Waals surface area contributed by atoms with E-state index in [9.17, 15) is 18.7 Å². The van der Waals surface area contributed by atoms with E-state index in [1.807, 2.05) is 24.0 Å². The van der Waals surface area contributed by atoms with Crippen molar-refractivity contribution in [3.8, 4) is 0 Å². The highest BCUT2D eigenvalue weighted by molar-refractivity contribution is 5.89. The summed E-state index contributed by atoms with van der Waals surface area (Å²) in [6.45, 7) is 4.94. The number of aliphatic hydroxyl groups is 1. The Morgan fingerprint density at radius 2 is 2.00 bits per heavy atom. The van der Waals surface area contributed by atoms with Crippen molar-refractivity contribution in [2.24, 2.45) is 0 Å². The zero-order valence-corrected chi connectivity index (χ0v) is 18.6. The van der Waals surface area contributed by atoms with E-state index < -0.39 is 24.2 Å². The largest absolute Gasteiger partial charge is 0.447 e. The number of hydrogen-bond donors (Lipinski definition) is 2. The van der Waals surface area contributed by atoms with Crippen LogP contribution in [0.4, 0.5) is 25.3 Å². The molecule has 1 amide bonds. The standard InChI is InChI=1S/C22H28F2N6O3/c1-14(17-4-3-16(11-26-17)12-29-9-6-22(23,24)7-10-29)27-20-25-8-5-19(28-20)30-18(15(2)31)13-33-21(30)32/h3-5,8,11,14-15,18,31H,6-7,9-10,12-13H2,1-2H3,(H,25,27,28)/t14-,15+,18?/m0/s1. The molecule has 2 aromatic rings. The first-order valence-electron chi connectivity index (χ1n) is 11.0. The predicted molar refractivity (Wildman–Crippen MR) is 117 cm³/mol. The number of ether oxygens (including phenoxy) is 1. The first-order valence-corrected chi connectivity index (χ1v) is 11.0. The van der Waals surface area contributed by atoms with Crippen LogP contribution in [0.1, 0.15) is 44.0 Å². The molecule has 2 aliphatic heterocycles. The Kier molecular flexibility index (Phi) is 6.71. The van der Waals surface area contributed by atoms with E-state index in [0.29, 0.717) is 31.4 Å². The molecule has 2 saturated heterocycles. The SMILES string of the molecule is C[C@H](Nc1nccc(N2C(=O)OCC2[C@@H](C)O)n1)c1ccc(CN2CCC(F)(F)CC2)cn1. The number of halogens is 2. The summed E-state index contributed by atoms with van der Waals surface area (Å²) in [6, 6.07) is 4.68. The smallest absolute Gasteiger partial charge is 0.416 e. The number of rotatable bonds is 7. The minimum absolute atomic E-state index is 0.0930. The molecule has 1 unspecified atom stereocenters. The van der Waals surface area contributed by atoms with Gasteiger partial charge in [-0.05, 0) is 31.5 Å². The Labute approximate surface area is 190 Å². The van der Waals surface area contributed by atoms with Gasteiger partial charge < -0.3 is 15.2 Å². The number of alkyl halides is 2. The fourth-order valence-corrected chi connectivity index (χ4v) is 3.96. The van der Waals surface area contributed by atoms with Crippen molar-refractivity contribution in [2.75, 3.05) is 29.9 Å². The third kappa shape index (κ3) is 5.53. The van der Waals surface area contributed by atoms with Gasteiger partial charge in [0.25, 0.3) is 5.92 Å². The highest BCUT2D eigenvalue weighted by Gasteiger charge is 2.38. The summed E-state index contributed by atoms with van der Waals surface area (Å²) in [6.07, 6.45) is 1.74. The molecule has 0 saturated carbocycles. The lowest BCUT2D eigenvalue weighted by Gasteiger charge is -2.31. The van der Waals surface area contributed by atoms with Crippen LogP contribution in [0, 0.1) is 0 Å². The van der Waals surface area contributed by atoms with Gasteiger partial charge in [0, 0.05) is 44.9 Å². The van der Waals surface area contributed by atoms with Gasteiger partial charge in [-0.1, -0.05) is 6.07 Å². The monoisotopic (exact) mass is 462 g/mol. The number of pyridine rings is 1. The molecule has 0 spiro atoms. The Morgan fingerprint density at radius 3 is 2.67 bits per heavy atom. The van der Waals surface area contributed by atoms with Crippen molar-refractivity contribution < 1.29 is 23.4 Å². The van der Waals surface area contributed by atoms with Crippen molar-refractivity contribution in [3.63, 3.8) is 0 Å². The van der Waals surface area contributed by atoms with Gasteiger partial charge in [-0.15, -0.1) is 0 Å². The number of carbonyl (C=O) groups is 1. The molecule has 4 heterocycles. The summed E-state index contributed by atoms with van der Waals surface area (Å²) in [4.78, 5) is 28.6. The molecule has 2 N–H and O–H groups in total. The quantitative estimate of drug-likeness (QED) is 0.647. The summed E-state index contributed by atoms with van der Waals surface area (Å²) in [5, 5.41) is 13.1. The molecule has 4 rings (SSSR count). The lowest BCUT2D eigenvalue weighted by atomic mass is 10.1. The van der Waals surface area contributed by atoms with Gasteiger partial charge in [0.1, 0.15) is 18.5 Å². The second-order valence-electron chi connectivity index (χ2n) is 8.58. The van der Waals surface area contributed by atoms with E-state index in [-0.39, 0.29) is 25.5 Å². The molecule has 11 heteroatoms. The van der Waals surface area contributed by atoms with Crippen molar-refractivity contribution >= 4 is 17.9 Å². The maximum atomic E-state index is 13.3. The molecular weight excluding hydrogens is 434 g/mol. The zero-order chi connectivity index (χ0) is 23.6. The van der Waals surface area contributed by atoms with Crippen LogP contribution < -0.4 is 10.2 Å². The second-order valence-corrected chi connectivity index (χ2v) is 8.58. The van der Waals surface area contributed by atoms with Crippen molar-refractivity contribution in [2.45, 2.75) is 57.3 Å². The third-order valence-electron chi connectivity index (χ3n) is 5.98. The first-order chi connectivity index (χ1) is 15.7. The molecule has 2 fully saturated rings. The molecule has 2 aromatic heterocycles. The number of amides is 1. The fraction of sp³-hybridized carbons (Fsp3) is 0.545. The Hall–Kier alpha value is -2.92. The van der Waals surface area contributed by atoms with Gasteiger partial charge in [-0.2, -0.15) is 4.98 Å². The lowest BCUT2D eigenvalue weighted by Crippen LogP contribution is -2.41. The van der Waals surface area contributed by atoms with Crippen LogP contribution in [0.3, 0.4) is 0 Å². The maximum absolute atomic E-state index is 13.3. The summed E-state index contributed by atoms with van der Waals surface area (Å²) >= 11 is 0. The van der Waals surface area contributed by atoms with Crippen LogP contribution >= 0.6 is 0 Å². The van der Waals surface area contributed by atoms with E-state index in [1.165, 1.54) is 11.1 Å². The zero-order valence-electron chi connectivity index (χ0n) is 18.6. The van der Waals surface area contributed by atoms with E-state index >= 15 is 0 Å². The number of carbonyl (C=O) groups excluding carboxylic acids is 1. The Balaban J connectivity index is 1.38. The normalized spacial score (nSPS) is 22.6. The lowest BCUT2D eigenvalue weighted by molar-refractivity contribution is -0.0566. The van der Waals surface area contributed by atoms with Crippen LogP contribution in [0.2, 0.25) is 0 Å². The number of likely N-dealkylation sites (tertiary alicyclic amines) is 1.